The fraction of sp³-hybridized carbons (Fsp3) is 0.467. The Hall–Kier alpha value is -1.88. The number of amides is 1. The molecule has 108 valence electrons. The van der Waals surface area contributed by atoms with Gasteiger partial charge in [0.25, 0.3) is 0 Å². The third-order valence-electron chi connectivity index (χ3n) is 3.24. The van der Waals surface area contributed by atoms with Crippen molar-refractivity contribution in [1.29, 1.82) is 0 Å². The van der Waals surface area contributed by atoms with Crippen molar-refractivity contribution in [2.75, 3.05) is 6.61 Å². The summed E-state index contributed by atoms with van der Waals surface area (Å²) in [4.78, 5) is 22.7. The standard InChI is InChI=1S/C15H19NO4/c17-14(10-20-9-12-4-2-1-3-5-12)16-13(15(18)19)8-11-6-7-11/h1-5,11,13H,6-10H2,(H,16,17)(H,18,19)/t13-/m1/s1. The Morgan fingerprint density at radius 2 is 2.00 bits per heavy atom. The highest BCUT2D eigenvalue weighted by Crippen LogP contribution is 2.33. The maximum Gasteiger partial charge on any atom is 0.326 e. The first-order chi connectivity index (χ1) is 9.65. The molecule has 1 saturated carbocycles. The molecule has 1 amide bonds. The molecule has 0 heterocycles. The second-order valence-corrected chi connectivity index (χ2v) is 5.12. The summed E-state index contributed by atoms with van der Waals surface area (Å²) in [6, 6.07) is 8.72. The van der Waals surface area contributed by atoms with E-state index in [2.05, 4.69) is 5.32 Å². The van der Waals surface area contributed by atoms with Crippen LogP contribution in [0.3, 0.4) is 0 Å². The van der Waals surface area contributed by atoms with Crippen molar-refractivity contribution in [1.82, 2.24) is 5.32 Å². The molecule has 2 N–H and O–H groups in total. The Kier molecular flexibility index (Phi) is 5.12. The summed E-state index contributed by atoms with van der Waals surface area (Å²) in [5, 5.41) is 11.6. The summed E-state index contributed by atoms with van der Waals surface area (Å²) in [6.07, 6.45) is 2.63. The SMILES string of the molecule is O=C(COCc1ccccc1)N[C@H](CC1CC1)C(=O)O. The molecule has 0 unspecified atom stereocenters. The lowest BCUT2D eigenvalue weighted by molar-refractivity contribution is -0.143. The van der Waals surface area contributed by atoms with Crippen LogP contribution in [0.2, 0.25) is 0 Å². The number of aliphatic carboxylic acids is 1. The minimum absolute atomic E-state index is 0.122. The highest BCUT2D eigenvalue weighted by Gasteiger charge is 2.30. The van der Waals surface area contributed by atoms with Gasteiger partial charge in [-0.15, -0.1) is 0 Å². The Balaban J connectivity index is 1.69. The van der Waals surface area contributed by atoms with Crippen molar-refractivity contribution in [3.63, 3.8) is 0 Å². The third-order valence-corrected chi connectivity index (χ3v) is 3.24. The quantitative estimate of drug-likeness (QED) is 0.756. The predicted octanol–water partition coefficient (Wildman–Crippen LogP) is 1.57. The van der Waals surface area contributed by atoms with Crippen LogP contribution in [-0.2, 0) is 20.9 Å². The van der Waals surface area contributed by atoms with Crippen LogP contribution < -0.4 is 5.32 Å². The number of benzene rings is 1. The largest absolute Gasteiger partial charge is 0.480 e. The van der Waals surface area contributed by atoms with Gasteiger partial charge in [0.05, 0.1) is 6.61 Å². The highest BCUT2D eigenvalue weighted by molar-refractivity contribution is 5.84. The van der Waals surface area contributed by atoms with Gasteiger partial charge in [0.1, 0.15) is 12.6 Å². The van der Waals surface area contributed by atoms with Gasteiger partial charge in [-0.25, -0.2) is 4.79 Å². The smallest absolute Gasteiger partial charge is 0.326 e. The number of carboxylic acid groups (broad SMARTS) is 1. The molecule has 20 heavy (non-hydrogen) atoms. The van der Waals surface area contributed by atoms with Gasteiger partial charge in [-0.1, -0.05) is 43.2 Å². The Bertz CT molecular complexity index is 456. The number of carboxylic acids is 1. The van der Waals surface area contributed by atoms with Crippen LogP contribution in [-0.4, -0.2) is 29.6 Å². The molecule has 0 bridgehead atoms. The zero-order chi connectivity index (χ0) is 14.4. The van der Waals surface area contributed by atoms with E-state index in [-0.39, 0.29) is 12.5 Å². The van der Waals surface area contributed by atoms with Gasteiger partial charge in [-0.3, -0.25) is 4.79 Å². The number of ether oxygens (including phenoxy) is 1. The fourth-order valence-electron chi connectivity index (χ4n) is 1.98. The predicted molar refractivity (Wildman–Crippen MR) is 73.0 cm³/mol. The first-order valence-electron chi connectivity index (χ1n) is 6.79. The lowest BCUT2D eigenvalue weighted by atomic mass is 10.1. The van der Waals surface area contributed by atoms with Crippen molar-refractivity contribution >= 4 is 11.9 Å². The van der Waals surface area contributed by atoms with Crippen LogP contribution in [0.15, 0.2) is 30.3 Å². The van der Waals surface area contributed by atoms with Gasteiger partial charge in [-0.05, 0) is 17.9 Å². The highest BCUT2D eigenvalue weighted by atomic mass is 16.5. The minimum Gasteiger partial charge on any atom is -0.480 e. The fourth-order valence-corrected chi connectivity index (χ4v) is 1.98. The van der Waals surface area contributed by atoms with E-state index in [0.717, 1.165) is 18.4 Å². The molecule has 1 aromatic carbocycles. The summed E-state index contributed by atoms with van der Waals surface area (Å²) in [5.74, 6) is -0.913. The maximum absolute atomic E-state index is 11.7. The second kappa shape index (κ2) is 7.05. The van der Waals surface area contributed by atoms with Gasteiger partial charge in [0, 0.05) is 0 Å². The van der Waals surface area contributed by atoms with E-state index in [4.69, 9.17) is 9.84 Å². The molecule has 0 radical (unpaired) electrons. The van der Waals surface area contributed by atoms with Crippen molar-refractivity contribution < 1.29 is 19.4 Å². The number of hydrogen-bond donors (Lipinski definition) is 2. The molecule has 2 rings (SSSR count). The van der Waals surface area contributed by atoms with Crippen LogP contribution >= 0.6 is 0 Å². The molecule has 0 aromatic heterocycles. The molecule has 1 aromatic rings. The molecular weight excluding hydrogens is 258 g/mol. The van der Waals surface area contributed by atoms with E-state index < -0.39 is 12.0 Å². The first-order valence-corrected chi connectivity index (χ1v) is 6.79. The van der Waals surface area contributed by atoms with Crippen LogP contribution in [0.25, 0.3) is 0 Å². The topological polar surface area (TPSA) is 75.6 Å². The van der Waals surface area contributed by atoms with Crippen molar-refractivity contribution in [3.8, 4) is 0 Å². The summed E-state index contributed by atoms with van der Waals surface area (Å²) >= 11 is 0. The van der Waals surface area contributed by atoms with Crippen LogP contribution in [0.5, 0.6) is 0 Å². The van der Waals surface area contributed by atoms with Gasteiger partial charge >= 0.3 is 5.97 Å². The monoisotopic (exact) mass is 277 g/mol. The molecule has 5 heteroatoms. The summed E-state index contributed by atoms with van der Waals surface area (Å²) < 4.78 is 5.28. The molecular formula is C15H19NO4. The first kappa shape index (κ1) is 14.5. The zero-order valence-corrected chi connectivity index (χ0v) is 11.2. The molecule has 1 aliphatic carbocycles. The van der Waals surface area contributed by atoms with E-state index in [1.54, 1.807) is 0 Å². The van der Waals surface area contributed by atoms with Gasteiger partial charge in [0.2, 0.25) is 5.91 Å². The van der Waals surface area contributed by atoms with E-state index in [0.29, 0.717) is 18.9 Å². The number of carbonyl (C=O) groups excluding carboxylic acids is 1. The second-order valence-electron chi connectivity index (χ2n) is 5.12. The number of rotatable bonds is 8. The maximum atomic E-state index is 11.7. The van der Waals surface area contributed by atoms with Crippen molar-refractivity contribution in [2.24, 2.45) is 5.92 Å². The molecule has 5 nitrogen and oxygen atoms in total. The average Bonchev–Trinajstić information content (AvgIpc) is 3.23. The minimum atomic E-state index is -0.978. The number of nitrogens with one attached hydrogen (secondary N) is 1. The summed E-state index contributed by atoms with van der Waals surface area (Å²) in [6.45, 7) is 0.220. The molecule has 0 spiro atoms. The zero-order valence-electron chi connectivity index (χ0n) is 11.2. The van der Waals surface area contributed by atoms with Crippen molar-refractivity contribution in [3.05, 3.63) is 35.9 Å². The molecule has 1 aliphatic rings. The van der Waals surface area contributed by atoms with Gasteiger partial charge in [-0.2, -0.15) is 0 Å². The number of carbonyl (C=O) groups is 2. The third kappa shape index (κ3) is 5.01. The van der Waals surface area contributed by atoms with Crippen LogP contribution in [0.4, 0.5) is 0 Å². The number of hydrogen-bond acceptors (Lipinski definition) is 3. The molecule has 1 atom stereocenters. The summed E-state index contributed by atoms with van der Waals surface area (Å²) in [5.41, 5.74) is 0.980. The Labute approximate surface area is 117 Å². The van der Waals surface area contributed by atoms with E-state index in [1.807, 2.05) is 30.3 Å². The molecule has 0 saturated heterocycles. The van der Waals surface area contributed by atoms with E-state index >= 15 is 0 Å². The molecule has 0 aliphatic heterocycles. The van der Waals surface area contributed by atoms with Crippen LogP contribution in [0.1, 0.15) is 24.8 Å². The lowest BCUT2D eigenvalue weighted by Gasteiger charge is -2.14. The van der Waals surface area contributed by atoms with E-state index in [1.165, 1.54) is 0 Å². The molecule has 1 fully saturated rings. The average molecular weight is 277 g/mol. The van der Waals surface area contributed by atoms with Gasteiger partial charge < -0.3 is 15.2 Å². The van der Waals surface area contributed by atoms with Gasteiger partial charge in [0.15, 0.2) is 0 Å². The van der Waals surface area contributed by atoms with Crippen LogP contribution in [0, 0.1) is 5.92 Å². The van der Waals surface area contributed by atoms with Crippen molar-refractivity contribution in [2.45, 2.75) is 31.9 Å². The Morgan fingerprint density at radius 3 is 2.60 bits per heavy atom. The lowest BCUT2D eigenvalue weighted by Crippen LogP contribution is -2.42. The van der Waals surface area contributed by atoms with E-state index in [9.17, 15) is 9.59 Å². The normalized spacial score (nSPS) is 15.6. The Morgan fingerprint density at radius 1 is 1.30 bits per heavy atom. The summed E-state index contributed by atoms with van der Waals surface area (Å²) in [7, 11) is 0.